The number of benzene rings is 3. The molecule has 3 aromatic carbocycles. The van der Waals surface area contributed by atoms with Gasteiger partial charge in [0.05, 0.1) is 64.4 Å². The summed E-state index contributed by atoms with van der Waals surface area (Å²) >= 11 is 3.62. The molecule has 4 saturated heterocycles. The lowest BCUT2D eigenvalue weighted by molar-refractivity contribution is -0.146. The number of hydrogen-bond acceptors (Lipinski definition) is 13. The van der Waals surface area contributed by atoms with Gasteiger partial charge in [0.1, 0.15) is 18.3 Å². The largest absolute Gasteiger partial charge is 0.462 e. The van der Waals surface area contributed by atoms with Crippen molar-refractivity contribution in [3.05, 3.63) is 168 Å². The van der Waals surface area contributed by atoms with Crippen molar-refractivity contribution in [1.82, 2.24) is 15.0 Å². The zero-order valence-corrected chi connectivity index (χ0v) is 55.1. The van der Waals surface area contributed by atoms with E-state index in [-0.39, 0.29) is 77.8 Å². The van der Waals surface area contributed by atoms with Crippen LogP contribution in [0.4, 0.5) is 0 Å². The Morgan fingerprint density at radius 1 is 0.511 bits per heavy atom. The van der Waals surface area contributed by atoms with Gasteiger partial charge in [0.15, 0.2) is 0 Å². The number of fused-ring (bicyclic) bond motifs is 7. The van der Waals surface area contributed by atoms with Crippen LogP contribution in [0.5, 0.6) is 0 Å². The first kappa shape index (κ1) is 64.3. The number of halogens is 1. The molecular weight excluding hydrogens is 1210 g/mol. The molecule has 3 aromatic heterocycles. The number of alkyl halides is 1. The second-order valence-electron chi connectivity index (χ2n) is 27.6. The van der Waals surface area contributed by atoms with Crippen LogP contribution < -0.4 is 0 Å². The van der Waals surface area contributed by atoms with E-state index in [1.165, 1.54) is 12.8 Å². The second-order valence-corrected chi connectivity index (χ2v) is 28.4. The summed E-state index contributed by atoms with van der Waals surface area (Å²) in [5.41, 5.74) is 10.5. The monoisotopic (exact) mass is 1290 g/mol. The van der Waals surface area contributed by atoms with Crippen LogP contribution >= 0.6 is 15.9 Å². The summed E-state index contributed by atoms with van der Waals surface area (Å²) < 4.78 is 23.2. The number of esters is 3. The Hall–Kier alpha value is -7.83. The van der Waals surface area contributed by atoms with Crippen molar-refractivity contribution < 1.29 is 33.3 Å². The Labute approximate surface area is 550 Å². The molecule has 4 aliphatic carbocycles. The first-order chi connectivity index (χ1) is 44.7. The molecule has 20 atom stereocenters. The fraction of sp³-hybridized carbons (Fsp3) is 0.474. The van der Waals surface area contributed by atoms with E-state index in [2.05, 4.69) is 91.1 Å². The molecule has 0 radical (unpaired) electrons. The average molecular weight is 1300 g/mol. The summed E-state index contributed by atoms with van der Waals surface area (Å²) in [6.45, 7) is 13.8. The highest BCUT2D eigenvalue weighted by Gasteiger charge is 2.59. The average Bonchev–Trinajstić information content (AvgIpc) is 1.57. The Bertz CT molecular complexity index is 3800. The standard InChI is InChI=1S/C26H27BrN2O2.C26H28N2O3.C26H28N2O2/c1-16-13-24-25(17(2)31-26(24)30)23(21(16)11-12-27)10-9-20-8-7-19(15-29-20)22-6-4-3-5-18(22)14-28;1-15-11-22-24(16(2)31-26(22)29)25-20(15)9-10-30-23(25)12-19-8-7-18(14-28-19)21-6-4-3-5-17(21)13-27;1-15-11-23-24(16(2)30-26(23)29)25-17(8-10-21(15)25)12-20-9-7-19(14-28-20)22-6-4-3-5-18(22)13-27/h3-10,15-17,21,23-25H,11-13H2,1-2H3;3-8,14-16,20,22-25H,9-12H2,1-2H3;3-7,9,14-17,21,23-25H,8,10-12H2,1-2H3/b10-9+;;/t16-,17+,21+,23-,24+,25-;15-,16+,20+,22+,23-,24+,25+;15-,16+,17-,21+,23+,24+,25-/m000/s1. The SMILES string of the molecule is C[C@H]1C[C@H]2C(=O)O[C@H](C)[C@H]2[C@@H](/C=C/c2ccc(-c3ccccc3C#N)cn2)[C@@H]1CCBr.C[C@H]1C[C@H]2C(=O)O[C@H](C)[C@H]2[C@@H]2[C@@H]1CCO[C@H]2Cc1ccc(-c2ccccc2C#N)cn1.C[C@H]1C[C@H]2C(=O)O[C@H](C)[C@H]2[C@H]2[C@H](Cc3ccc(-c4ccccc4C#N)cn3)CC[C@@H]21. The number of hydrogen-bond donors (Lipinski definition) is 0. The van der Waals surface area contributed by atoms with Gasteiger partial charge in [-0.05, 0) is 174 Å². The summed E-state index contributed by atoms with van der Waals surface area (Å²) in [5, 5.41) is 29.0. The molecule has 4 aliphatic heterocycles. The fourth-order valence-electron chi connectivity index (χ4n) is 18.5. The number of allylic oxidation sites excluding steroid dienone is 1. The molecule has 0 N–H and O–H groups in total. The molecule has 8 aliphatic rings. The molecule has 4 saturated carbocycles. The van der Waals surface area contributed by atoms with E-state index in [4.69, 9.17) is 28.9 Å². The third-order valence-corrected chi connectivity index (χ3v) is 23.1. The number of pyridine rings is 3. The Balaban J connectivity index is 0.000000133. The molecule has 7 heterocycles. The molecule has 0 unspecified atom stereocenters. The van der Waals surface area contributed by atoms with Gasteiger partial charge in [-0.2, -0.15) is 15.8 Å². The second kappa shape index (κ2) is 28.2. The van der Waals surface area contributed by atoms with Gasteiger partial charge < -0.3 is 18.9 Å². The molecule has 6 aromatic rings. The van der Waals surface area contributed by atoms with Crippen LogP contribution in [0.3, 0.4) is 0 Å². The van der Waals surface area contributed by atoms with Gasteiger partial charge in [-0.3, -0.25) is 29.3 Å². The molecule has 92 heavy (non-hydrogen) atoms. The highest BCUT2D eigenvalue weighted by atomic mass is 79.9. The molecule has 14 heteroatoms. The van der Waals surface area contributed by atoms with Crippen molar-refractivity contribution in [3.63, 3.8) is 0 Å². The van der Waals surface area contributed by atoms with E-state index < -0.39 is 0 Å². The van der Waals surface area contributed by atoms with Gasteiger partial charge >= 0.3 is 17.9 Å². The lowest BCUT2D eigenvalue weighted by atomic mass is 9.58. The number of carbonyl (C=O) groups is 3. The van der Waals surface area contributed by atoms with Crippen LogP contribution in [0.2, 0.25) is 0 Å². The molecule has 0 bridgehead atoms. The third kappa shape index (κ3) is 13.0. The zero-order valence-electron chi connectivity index (χ0n) is 53.5. The smallest absolute Gasteiger partial charge is 0.309 e. The maximum Gasteiger partial charge on any atom is 0.309 e. The van der Waals surface area contributed by atoms with Gasteiger partial charge in [0.2, 0.25) is 0 Å². The molecule has 8 fully saturated rings. The minimum absolute atomic E-state index is 0.00374. The quantitative estimate of drug-likeness (QED) is 0.0675. The highest BCUT2D eigenvalue weighted by molar-refractivity contribution is 9.09. The maximum atomic E-state index is 12.4. The first-order valence-electron chi connectivity index (χ1n) is 33.5. The van der Waals surface area contributed by atoms with E-state index in [9.17, 15) is 30.2 Å². The number of rotatable bonds is 11. The van der Waals surface area contributed by atoms with Gasteiger partial charge in [-0.1, -0.05) is 116 Å². The number of nitriles is 3. The van der Waals surface area contributed by atoms with Crippen molar-refractivity contribution in [1.29, 1.82) is 15.8 Å². The van der Waals surface area contributed by atoms with Gasteiger partial charge in [-0.15, -0.1) is 0 Å². The zero-order chi connectivity index (χ0) is 64.3. The highest BCUT2D eigenvalue weighted by Crippen LogP contribution is 2.58. The number of cyclic esters (lactones) is 3. The third-order valence-electron chi connectivity index (χ3n) is 22.7. The summed E-state index contributed by atoms with van der Waals surface area (Å²) in [6.07, 6.45) is 19.1. The van der Waals surface area contributed by atoms with Crippen LogP contribution in [-0.2, 0) is 46.2 Å². The van der Waals surface area contributed by atoms with Crippen molar-refractivity contribution >= 4 is 39.9 Å². The number of ether oxygens (including phenoxy) is 4. The fourth-order valence-corrected chi connectivity index (χ4v) is 19.0. The number of aromatic nitrogens is 3. The Morgan fingerprint density at radius 2 is 0.967 bits per heavy atom. The molecule has 0 amide bonds. The van der Waals surface area contributed by atoms with E-state index >= 15 is 0 Å². The van der Waals surface area contributed by atoms with Crippen molar-refractivity contribution in [3.8, 4) is 51.6 Å². The lowest BCUT2D eigenvalue weighted by Crippen LogP contribution is -2.51. The van der Waals surface area contributed by atoms with Gasteiger partial charge in [0, 0.05) is 99.5 Å². The summed E-state index contributed by atoms with van der Waals surface area (Å²) in [7, 11) is 0. The van der Waals surface area contributed by atoms with Crippen LogP contribution in [0.1, 0.15) is 120 Å². The van der Waals surface area contributed by atoms with Gasteiger partial charge in [0.25, 0.3) is 0 Å². The van der Waals surface area contributed by atoms with Crippen LogP contribution in [0, 0.1) is 129 Å². The molecular formula is C78H83BrN6O7. The number of carbonyl (C=O) groups excluding carboxylic acids is 3. The molecule has 14 rings (SSSR count). The van der Waals surface area contributed by atoms with Crippen LogP contribution in [-0.4, -0.2) is 69.2 Å². The minimum Gasteiger partial charge on any atom is -0.462 e. The van der Waals surface area contributed by atoms with E-state index in [0.717, 1.165) is 107 Å². The predicted octanol–water partition coefficient (Wildman–Crippen LogP) is 15.3. The summed E-state index contributed by atoms with van der Waals surface area (Å²) in [5.74, 6) is 6.00. The molecule has 0 spiro atoms. The summed E-state index contributed by atoms with van der Waals surface area (Å²) in [4.78, 5) is 51.3. The molecule has 13 nitrogen and oxygen atoms in total. The van der Waals surface area contributed by atoms with Gasteiger partial charge in [-0.25, -0.2) is 0 Å². The van der Waals surface area contributed by atoms with E-state index in [0.29, 0.717) is 75.9 Å². The Morgan fingerprint density at radius 3 is 1.46 bits per heavy atom. The maximum absolute atomic E-state index is 12.4. The summed E-state index contributed by atoms with van der Waals surface area (Å²) in [6, 6.07) is 41.8. The lowest BCUT2D eigenvalue weighted by Gasteiger charge is -2.49. The normalized spacial score (nSPS) is 33.0. The van der Waals surface area contributed by atoms with Crippen molar-refractivity contribution in [2.75, 3.05) is 11.9 Å². The number of nitrogens with zero attached hydrogens (tertiary/aromatic N) is 6. The van der Waals surface area contributed by atoms with Crippen LogP contribution in [0.25, 0.3) is 39.5 Å². The molecule has 474 valence electrons. The first-order valence-corrected chi connectivity index (χ1v) is 34.6. The van der Waals surface area contributed by atoms with Crippen LogP contribution in [0.15, 0.2) is 134 Å². The van der Waals surface area contributed by atoms with Crippen molar-refractivity contribution in [2.24, 2.45) is 94.7 Å². The van der Waals surface area contributed by atoms with E-state index in [1.807, 2.05) is 129 Å². The minimum atomic E-state index is -0.0460. The van der Waals surface area contributed by atoms with Crippen molar-refractivity contribution in [2.45, 2.75) is 124 Å². The topological polar surface area (TPSA) is 198 Å². The predicted molar refractivity (Wildman–Crippen MR) is 355 cm³/mol. The Kier molecular flexibility index (Phi) is 19.7. The van der Waals surface area contributed by atoms with E-state index in [1.54, 1.807) is 0 Å².